The maximum Gasteiger partial charge on any atom is 0.338 e. The van der Waals surface area contributed by atoms with Crippen LogP contribution in [0.5, 0.6) is 11.5 Å². The summed E-state index contributed by atoms with van der Waals surface area (Å²) in [7, 11) is 0. The average molecular weight is 725 g/mol. The molecule has 2 aromatic rings. The van der Waals surface area contributed by atoms with Crippen LogP contribution in [0.15, 0.2) is 73.8 Å². The molecule has 14 nitrogen and oxygen atoms in total. The zero-order valence-electron chi connectivity index (χ0n) is 28.8. The Labute approximate surface area is 301 Å². The van der Waals surface area contributed by atoms with Gasteiger partial charge in [-0.25, -0.2) is 14.4 Å². The number of esters is 5. The van der Waals surface area contributed by atoms with Crippen molar-refractivity contribution in [3.8, 4) is 11.5 Å². The molecule has 4 rings (SSSR count). The summed E-state index contributed by atoms with van der Waals surface area (Å²) in [5, 5.41) is 9.27. The Morgan fingerprint density at radius 1 is 0.692 bits per heavy atom. The maximum absolute atomic E-state index is 12.9. The highest BCUT2D eigenvalue weighted by Crippen LogP contribution is 2.32. The third-order valence-electron chi connectivity index (χ3n) is 8.07. The Bertz CT molecular complexity index is 1520. The van der Waals surface area contributed by atoms with Crippen molar-refractivity contribution in [3.63, 3.8) is 0 Å². The number of unbranched alkanes of at least 4 members (excludes halogenated alkanes) is 4. The van der Waals surface area contributed by atoms with E-state index in [1.807, 2.05) is 0 Å². The topological polar surface area (TPSA) is 179 Å². The third-order valence-corrected chi connectivity index (χ3v) is 8.07. The fourth-order valence-corrected chi connectivity index (χ4v) is 5.33. The van der Waals surface area contributed by atoms with Crippen molar-refractivity contribution in [2.75, 3.05) is 26.4 Å². The first kappa shape index (κ1) is 39.9. The van der Waals surface area contributed by atoms with E-state index in [1.165, 1.54) is 54.6 Å². The quantitative estimate of drug-likeness (QED) is 0.0364. The minimum atomic E-state index is -0.993. The molecule has 2 saturated heterocycles. The van der Waals surface area contributed by atoms with Gasteiger partial charge in [0.05, 0.1) is 37.6 Å². The van der Waals surface area contributed by atoms with Gasteiger partial charge in [0.1, 0.15) is 23.7 Å². The van der Waals surface area contributed by atoms with Gasteiger partial charge in [0.15, 0.2) is 18.5 Å². The van der Waals surface area contributed by atoms with E-state index in [-0.39, 0.29) is 55.3 Å². The number of hydrogen-bond donors (Lipinski definition) is 1. The van der Waals surface area contributed by atoms with E-state index in [0.29, 0.717) is 38.7 Å². The van der Waals surface area contributed by atoms with Crippen LogP contribution in [-0.4, -0.2) is 92.1 Å². The highest BCUT2D eigenvalue weighted by Gasteiger charge is 2.51. The lowest BCUT2D eigenvalue weighted by Crippen LogP contribution is -2.36. The summed E-state index contributed by atoms with van der Waals surface area (Å²) in [5.41, 5.74) is 0.475. The molecule has 0 saturated carbocycles. The molecule has 1 unspecified atom stereocenters. The summed E-state index contributed by atoms with van der Waals surface area (Å²) < 4.78 is 43.5. The smallest absolute Gasteiger partial charge is 0.338 e. The van der Waals surface area contributed by atoms with Crippen LogP contribution in [0, 0.1) is 0 Å². The summed E-state index contributed by atoms with van der Waals surface area (Å²) in [6, 6.07) is 11.9. The van der Waals surface area contributed by atoms with Gasteiger partial charge >= 0.3 is 29.8 Å². The number of carbonyl (C=O) groups excluding carboxylic acids is 5. The van der Waals surface area contributed by atoms with Gasteiger partial charge in [-0.3, -0.25) is 9.59 Å². The normalized spacial score (nSPS) is 19.5. The minimum Gasteiger partial charge on any atom is -0.463 e. The van der Waals surface area contributed by atoms with Crippen LogP contribution in [0.2, 0.25) is 0 Å². The molecule has 0 radical (unpaired) electrons. The lowest BCUT2D eigenvalue weighted by Gasteiger charge is -2.17. The second kappa shape index (κ2) is 20.8. The fraction of sp³-hybridized carbons (Fsp3) is 0.447. The number of fused-ring (bicyclic) bond motifs is 1. The largest absolute Gasteiger partial charge is 0.463 e. The first-order valence-corrected chi connectivity index (χ1v) is 17.1. The predicted molar refractivity (Wildman–Crippen MR) is 182 cm³/mol. The summed E-state index contributed by atoms with van der Waals surface area (Å²) in [5.74, 6) is -1.99. The maximum atomic E-state index is 12.9. The third kappa shape index (κ3) is 12.7. The Hall–Kier alpha value is -4.89. The van der Waals surface area contributed by atoms with Crippen LogP contribution < -0.4 is 9.47 Å². The first-order valence-electron chi connectivity index (χ1n) is 17.1. The number of rotatable bonds is 21. The molecule has 52 heavy (non-hydrogen) atoms. The minimum absolute atomic E-state index is 0.0494. The van der Waals surface area contributed by atoms with Gasteiger partial charge < -0.3 is 43.0 Å². The molecule has 0 bridgehead atoms. The van der Waals surface area contributed by atoms with Crippen LogP contribution in [0.1, 0.15) is 72.1 Å². The van der Waals surface area contributed by atoms with E-state index in [1.54, 1.807) is 0 Å². The molecular weight excluding hydrogens is 680 g/mol. The number of ether oxygens (including phenoxy) is 8. The molecule has 0 amide bonds. The molecule has 280 valence electrons. The van der Waals surface area contributed by atoms with Crippen molar-refractivity contribution in [3.05, 3.63) is 85.0 Å². The second-order valence-electron chi connectivity index (χ2n) is 12.0. The van der Waals surface area contributed by atoms with Crippen LogP contribution in [0.3, 0.4) is 0 Å². The monoisotopic (exact) mass is 724 g/mol. The van der Waals surface area contributed by atoms with Crippen molar-refractivity contribution in [1.29, 1.82) is 0 Å². The molecule has 2 aromatic carbocycles. The van der Waals surface area contributed by atoms with Crippen molar-refractivity contribution < 1.29 is 67.0 Å². The number of benzene rings is 2. The van der Waals surface area contributed by atoms with Gasteiger partial charge in [-0.15, -0.1) is 0 Å². The Balaban J connectivity index is 1.14. The lowest BCUT2D eigenvalue weighted by molar-refractivity contribution is -0.138. The Morgan fingerprint density at radius 3 is 1.60 bits per heavy atom. The second-order valence-corrected chi connectivity index (χ2v) is 12.0. The Kier molecular flexibility index (Phi) is 16.0. The van der Waals surface area contributed by atoms with E-state index in [0.717, 1.165) is 12.5 Å². The summed E-state index contributed by atoms with van der Waals surface area (Å²) in [6.07, 6.45) is 2.93. The Morgan fingerprint density at radius 2 is 1.15 bits per heavy atom. The van der Waals surface area contributed by atoms with Crippen molar-refractivity contribution in [2.45, 2.75) is 82.1 Å². The summed E-state index contributed by atoms with van der Waals surface area (Å²) in [4.78, 5) is 61.1. The zero-order valence-corrected chi connectivity index (χ0v) is 28.8. The summed E-state index contributed by atoms with van der Waals surface area (Å²) >= 11 is 0. The van der Waals surface area contributed by atoms with Crippen molar-refractivity contribution in [2.24, 2.45) is 0 Å². The van der Waals surface area contributed by atoms with Crippen LogP contribution in [-0.2, 0) is 42.8 Å². The average Bonchev–Trinajstić information content (AvgIpc) is 3.74. The molecule has 0 aliphatic carbocycles. The molecule has 5 atom stereocenters. The standard InChI is InChI=1S/C38H44O14/c1-3-31(39)45-21-9-5-7-11-33(41)49-27-17-13-25(14-18-27)37(43)51-29-23-47-36-30(24-48-35(29)36)52-38(44)26-15-19-28(20-16-26)50-34(42)12-8-6-10-22-46-32(40)4-2/h3-4,13-20,29-31,35-36,39H,1-2,5-12,21-24H2/t29-,30+,31?,35+,36+/m0/s1. The van der Waals surface area contributed by atoms with E-state index >= 15 is 0 Å². The van der Waals surface area contributed by atoms with Crippen LogP contribution in [0.4, 0.5) is 0 Å². The van der Waals surface area contributed by atoms with Crippen molar-refractivity contribution in [1.82, 2.24) is 0 Å². The van der Waals surface area contributed by atoms with Gasteiger partial charge in [-0.05, 0) is 86.7 Å². The van der Waals surface area contributed by atoms with Crippen LogP contribution >= 0.6 is 0 Å². The van der Waals surface area contributed by atoms with Gasteiger partial charge in [-0.2, -0.15) is 0 Å². The predicted octanol–water partition coefficient (Wildman–Crippen LogP) is 4.42. The zero-order chi connectivity index (χ0) is 37.3. The van der Waals surface area contributed by atoms with Crippen molar-refractivity contribution >= 4 is 29.8 Å². The molecule has 2 aliphatic rings. The first-order chi connectivity index (χ1) is 25.2. The molecule has 2 heterocycles. The van der Waals surface area contributed by atoms with Gasteiger partial charge in [0.2, 0.25) is 0 Å². The van der Waals surface area contributed by atoms with Gasteiger partial charge in [0, 0.05) is 18.9 Å². The number of aliphatic hydroxyl groups is 1. The number of hydrogen-bond acceptors (Lipinski definition) is 14. The molecular formula is C38H44O14. The lowest BCUT2D eigenvalue weighted by atomic mass is 10.1. The summed E-state index contributed by atoms with van der Waals surface area (Å²) in [6.45, 7) is 7.46. The molecule has 2 aliphatic heterocycles. The number of aliphatic hydroxyl groups excluding tert-OH is 1. The van der Waals surface area contributed by atoms with E-state index < -0.39 is 60.6 Å². The van der Waals surface area contributed by atoms with Crippen LogP contribution in [0.25, 0.3) is 0 Å². The molecule has 2 fully saturated rings. The molecule has 0 aromatic heterocycles. The highest BCUT2D eigenvalue weighted by molar-refractivity contribution is 5.90. The SMILES string of the molecule is C=CC(=O)OCCCCCC(=O)Oc1ccc(C(=O)O[C@@H]2CO[C@H]3[C@@H]2OC[C@@H]3OC(=O)c2ccc(OC(=O)CCCCCOC(O)C=C)cc2)cc1. The number of carbonyl (C=O) groups is 5. The molecule has 1 N–H and O–H groups in total. The van der Waals surface area contributed by atoms with Gasteiger partial charge in [-0.1, -0.05) is 19.6 Å². The van der Waals surface area contributed by atoms with E-state index in [4.69, 9.17) is 37.9 Å². The van der Waals surface area contributed by atoms with E-state index in [2.05, 4.69) is 13.2 Å². The highest BCUT2D eigenvalue weighted by atomic mass is 16.7. The van der Waals surface area contributed by atoms with E-state index in [9.17, 15) is 29.1 Å². The molecule has 14 heteroatoms. The molecule has 0 spiro atoms. The fourth-order valence-electron chi connectivity index (χ4n) is 5.33. The van der Waals surface area contributed by atoms with Gasteiger partial charge in [0.25, 0.3) is 0 Å².